The number of nitrogens with two attached hydrogens (primary N) is 1. The lowest BCUT2D eigenvalue weighted by Crippen LogP contribution is -2.22. The Bertz CT molecular complexity index is 1220. The minimum atomic E-state index is -4.45. The SMILES string of the molecule is CC(=N)c1c(N)nc(-c2ccc(NSc3cc(C(F)(F)F)ccn3)c(Cl)c2)nc1NCCN(C)C. The summed E-state index contributed by atoms with van der Waals surface area (Å²) in [6.45, 7) is 2.95. The highest BCUT2D eigenvalue weighted by molar-refractivity contribution is 8.00. The van der Waals surface area contributed by atoms with Crippen molar-refractivity contribution in [3.8, 4) is 11.4 Å². The minimum absolute atomic E-state index is 0.141. The third kappa shape index (κ3) is 6.96. The van der Waals surface area contributed by atoms with Crippen LogP contribution in [0.2, 0.25) is 5.02 Å². The Morgan fingerprint density at radius 2 is 1.94 bits per heavy atom. The maximum atomic E-state index is 12.9. The summed E-state index contributed by atoms with van der Waals surface area (Å²) in [6.07, 6.45) is -3.35. The highest BCUT2D eigenvalue weighted by Gasteiger charge is 2.30. The van der Waals surface area contributed by atoms with Gasteiger partial charge in [0.2, 0.25) is 0 Å². The second-order valence-corrected chi connectivity index (χ2v) is 9.02. The van der Waals surface area contributed by atoms with Gasteiger partial charge >= 0.3 is 6.18 Å². The normalized spacial score (nSPS) is 11.5. The van der Waals surface area contributed by atoms with Crippen LogP contribution in [0.3, 0.4) is 0 Å². The molecule has 186 valence electrons. The van der Waals surface area contributed by atoms with E-state index in [1.807, 2.05) is 19.0 Å². The molecule has 8 nitrogen and oxygen atoms in total. The molecular weight excluding hydrogens is 501 g/mol. The molecule has 0 aliphatic heterocycles. The number of halogens is 4. The van der Waals surface area contributed by atoms with Crippen molar-refractivity contribution in [1.29, 1.82) is 5.41 Å². The van der Waals surface area contributed by atoms with Gasteiger partial charge in [-0.1, -0.05) is 11.6 Å². The fourth-order valence-corrected chi connectivity index (χ4v) is 3.96. The molecule has 0 aliphatic carbocycles. The molecule has 2 heterocycles. The van der Waals surface area contributed by atoms with Gasteiger partial charge in [0.1, 0.15) is 16.7 Å². The molecule has 2 aromatic heterocycles. The van der Waals surface area contributed by atoms with Crippen molar-refractivity contribution < 1.29 is 13.2 Å². The number of aromatic nitrogens is 3. The van der Waals surface area contributed by atoms with Crippen molar-refractivity contribution in [3.05, 3.63) is 52.7 Å². The van der Waals surface area contributed by atoms with Gasteiger partial charge in [-0.25, -0.2) is 15.0 Å². The highest BCUT2D eigenvalue weighted by atomic mass is 35.5. The molecule has 35 heavy (non-hydrogen) atoms. The van der Waals surface area contributed by atoms with Crippen LogP contribution in [0.25, 0.3) is 11.4 Å². The van der Waals surface area contributed by atoms with Gasteiger partial charge in [0, 0.05) is 42.5 Å². The van der Waals surface area contributed by atoms with Gasteiger partial charge in [-0.3, -0.25) is 0 Å². The predicted molar refractivity (Wildman–Crippen MR) is 135 cm³/mol. The number of likely N-dealkylation sites (N-methyl/N-ethyl adjacent to an activating group) is 1. The third-order valence-electron chi connectivity index (χ3n) is 4.72. The van der Waals surface area contributed by atoms with E-state index in [0.29, 0.717) is 40.0 Å². The zero-order valence-electron chi connectivity index (χ0n) is 19.2. The minimum Gasteiger partial charge on any atom is -0.383 e. The van der Waals surface area contributed by atoms with Crippen LogP contribution in [0.5, 0.6) is 0 Å². The number of anilines is 3. The van der Waals surface area contributed by atoms with E-state index in [4.69, 9.17) is 22.7 Å². The van der Waals surface area contributed by atoms with E-state index < -0.39 is 11.7 Å². The first-order valence-corrected chi connectivity index (χ1v) is 11.5. The number of alkyl halides is 3. The zero-order valence-corrected chi connectivity index (χ0v) is 20.7. The molecule has 0 amide bonds. The molecule has 0 radical (unpaired) electrons. The van der Waals surface area contributed by atoms with Crippen LogP contribution < -0.4 is 15.8 Å². The summed E-state index contributed by atoms with van der Waals surface area (Å²) in [4.78, 5) is 14.8. The van der Waals surface area contributed by atoms with Crippen LogP contribution in [-0.2, 0) is 6.18 Å². The summed E-state index contributed by atoms with van der Waals surface area (Å²) in [5.74, 6) is 0.936. The van der Waals surface area contributed by atoms with Gasteiger partial charge in [0.15, 0.2) is 5.82 Å². The zero-order chi connectivity index (χ0) is 25.8. The molecule has 3 rings (SSSR count). The van der Waals surface area contributed by atoms with E-state index in [1.54, 1.807) is 25.1 Å². The summed E-state index contributed by atoms with van der Waals surface area (Å²) in [5, 5.41) is 11.7. The average molecular weight is 525 g/mol. The van der Waals surface area contributed by atoms with Crippen LogP contribution in [-0.4, -0.2) is 52.7 Å². The molecule has 0 saturated heterocycles. The van der Waals surface area contributed by atoms with Gasteiger partial charge in [0.05, 0.1) is 21.8 Å². The van der Waals surface area contributed by atoms with E-state index >= 15 is 0 Å². The van der Waals surface area contributed by atoms with Crippen LogP contribution in [0, 0.1) is 5.41 Å². The largest absolute Gasteiger partial charge is 0.416 e. The smallest absolute Gasteiger partial charge is 0.383 e. The van der Waals surface area contributed by atoms with E-state index in [9.17, 15) is 13.2 Å². The topological polar surface area (TPSA) is 116 Å². The van der Waals surface area contributed by atoms with Crippen molar-refractivity contribution in [1.82, 2.24) is 19.9 Å². The first-order valence-electron chi connectivity index (χ1n) is 10.3. The van der Waals surface area contributed by atoms with Crippen molar-refractivity contribution in [2.24, 2.45) is 0 Å². The van der Waals surface area contributed by atoms with E-state index in [0.717, 1.165) is 36.8 Å². The molecule has 13 heteroatoms. The maximum absolute atomic E-state index is 12.9. The van der Waals surface area contributed by atoms with Gasteiger partial charge in [-0.2, -0.15) is 13.2 Å². The number of nitrogens with one attached hydrogen (secondary N) is 3. The molecule has 0 fully saturated rings. The lowest BCUT2D eigenvalue weighted by Gasteiger charge is -2.16. The molecule has 0 spiro atoms. The van der Waals surface area contributed by atoms with Crippen LogP contribution in [0.1, 0.15) is 18.1 Å². The maximum Gasteiger partial charge on any atom is 0.416 e. The molecule has 0 atom stereocenters. The van der Waals surface area contributed by atoms with Gasteiger partial charge in [-0.05, 0) is 51.4 Å². The summed E-state index contributed by atoms with van der Waals surface area (Å²) < 4.78 is 41.7. The Morgan fingerprint density at radius 3 is 2.57 bits per heavy atom. The number of hydrogen-bond donors (Lipinski definition) is 4. The Balaban J connectivity index is 1.82. The number of nitrogens with zero attached hydrogens (tertiary/aromatic N) is 4. The van der Waals surface area contributed by atoms with Crippen LogP contribution in [0.15, 0.2) is 41.6 Å². The standard InChI is InChI=1S/C22H24ClF3N8S/c1-12(27)18-19(28)31-20(32-21(18)30-8-9-34(2)3)13-4-5-16(15(23)10-13)33-35-17-11-14(6-7-29-17)22(24,25)26/h4-7,10-11,27,33H,8-9H2,1-3H3,(H3,28,30,31,32). The lowest BCUT2D eigenvalue weighted by molar-refractivity contribution is -0.137. The van der Waals surface area contributed by atoms with Crippen molar-refractivity contribution in [2.45, 2.75) is 18.1 Å². The first kappa shape index (κ1) is 26.5. The average Bonchev–Trinajstić information content (AvgIpc) is 2.77. The summed E-state index contributed by atoms with van der Waals surface area (Å²) in [6, 6.07) is 6.86. The van der Waals surface area contributed by atoms with Gasteiger partial charge in [0.25, 0.3) is 0 Å². The molecule has 3 aromatic rings. The number of benzene rings is 1. The van der Waals surface area contributed by atoms with Crippen molar-refractivity contribution in [3.63, 3.8) is 0 Å². The predicted octanol–water partition coefficient (Wildman–Crippen LogP) is 5.27. The summed E-state index contributed by atoms with van der Waals surface area (Å²) in [7, 11) is 3.90. The number of nitrogen functional groups attached to an aromatic ring is 1. The number of hydrogen-bond acceptors (Lipinski definition) is 9. The fraction of sp³-hybridized carbons (Fsp3) is 0.273. The quantitative estimate of drug-likeness (QED) is 0.221. The second-order valence-electron chi connectivity index (χ2n) is 7.79. The fourth-order valence-electron chi connectivity index (χ4n) is 2.99. The molecule has 0 unspecified atom stereocenters. The third-order valence-corrected chi connectivity index (χ3v) is 5.79. The van der Waals surface area contributed by atoms with E-state index in [1.165, 1.54) is 0 Å². The Kier molecular flexibility index (Phi) is 8.41. The van der Waals surface area contributed by atoms with Crippen molar-refractivity contribution >= 4 is 46.6 Å². The summed E-state index contributed by atoms with van der Waals surface area (Å²) >= 11 is 7.32. The monoisotopic (exact) mass is 524 g/mol. The lowest BCUT2D eigenvalue weighted by atomic mass is 10.1. The molecule has 0 aliphatic rings. The van der Waals surface area contributed by atoms with E-state index in [-0.39, 0.29) is 16.6 Å². The van der Waals surface area contributed by atoms with Gasteiger partial charge < -0.3 is 26.1 Å². The number of rotatable bonds is 9. The first-order chi connectivity index (χ1) is 16.5. The van der Waals surface area contributed by atoms with E-state index in [2.05, 4.69) is 25.0 Å². The van der Waals surface area contributed by atoms with Crippen LogP contribution >= 0.6 is 23.5 Å². The molecule has 1 aromatic carbocycles. The number of pyridine rings is 1. The molecule has 0 bridgehead atoms. The second kappa shape index (κ2) is 11.1. The molecular formula is C22H24ClF3N8S. The highest BCUT2D eigenvalue weighted by Crippen LogP contribution is 2.34. The molecule has 5 N–H and O–H groups in total. The van der Waals surface area contributed by atoms with Gasteiger partial charge in [-0.15, -0.1) is 0 Å². The summed E-state index contributed by atoms with van der Waals surface area (Å²) in [5.41, 5.74) is 7.08. The Hall–Kier alpha value is -3.09. The Morgan fingerprint density at radius 1 is 1.20 bits per heavy atom. The Labute approximate surface area is 210 Å². The van der Waals surface area contributed by atoms with Crippen LogP contribution in [0.4, 0.5) is 30.5 Å². The van der Waals surface area contributed by atoms with Crippen molar-refractivity contribution in [2.75, 3.05) is 43.0 Å². The molecule has 0 saturated carbocycles.